The molecule has 1 fully saturated rings. The molecule has 0 aliphatic carbocycles. The van der Waals surface area contributed by atoms with Crippen molar-refractivity contribution in [2.75, 3.05) is 39.9 Å². The Hall–Kier alpha value is -1.50. The van der Waals surface area contributed by atoms with E-state index < -0.39 is 0 Å². The van der Waals surface area contributed by atoms with E-state index in [4.69, 9.17) is 4.74 Å². The van der Waals surface area contributed by atoms with Crippen molar-refractivity contribution in [3.63, 3.8) is 0 Å². The summed E-state index contributed by atoms with van der Waals surface area (Å²) in [6.45, 7) is 7.65. The molecule has 1 aromatic carbocycles. The lowest BCUT2D eigenvalue weighted by Gasteiger charge is -2.33. The fourth-order valence-corrected chi connectivity index (χ4v) is 2.46. The molecule has 0 amide bonds. The molecule has 0 bridgehead atoms. The Labute approximate surface area is 125 Å². The highest BCUT2D eigenvalue weighted by atomic mass is 16.6. The summed E-state index contributed by atoms with van der Waals surface area (Å²) in [6, 6.07) is 7.22. The quantitative estimate of drug-likeness (QED) is 0.591. The van der Waals surface area contributed by atoms with Gasteiger partial charge in [-0.05, 0) is 19.5 Å². The highest BCUT2D eigenvalue weighted by molar-refractivity contribution is 5.32. The van der Waals surface area contributed by atoms with Crippen LogP contribution in [0.15, 0.2) is 24.3 Å². The highest BCUT2D eigenvalue weighted by Crippen LogP contribution is 2.14. The smallest absolute Gasteiger partial charge is 0.269 e. The van der Waals surface area contributed by atoms with Crippen LogP contribution in [0.3, 0.4) is 0 Å². The van der Waals surface area contributed by atoms with Gasteiger partial charge in [0.2, 0.25) is 0 Å². The Morgan fingerprint density at radius 2 is 1.95 bits per heavy atom. The van der Waals surface area contributed by atoms with E-state index in [9.17, 15) is 10.1 Å². The van der Waals surface area contributed by atoms with Gasteiger partial charge >= 0.3 is 0 Å². The molecule has 0 spiro atoms. The summed E-state index contributed by atoms with van der Waals surface area (Å²) in [5.41, 5.74) is 1.24. The van der Waals surface area contributed by atoms with Gasteiger partial charge in [0.1, 0.15) is 0 Å². The SMILES string of the molecule is CC(CN1CCOCC1)N(C)Cc1ccc([N+](=O)[O-])cc1. The average molecular weight is 293 g/mol. The van der Waals surface area contributed by atoms with Crippen molar-refractivity contribution < 1.29 is 9.66 Å². The Balaban J connectivity index is 1.84. The Kier molecular flexibility index (Phi) is 5.67. The molecule has 6 nitrogen and oxygen atoms in total. The average Bonchev–Trinajstić information content (AvgIpc) is 2.48. The Morgan fingerprint density at radius 1 is 1.33 bits per heavy atom. The minimum atomic E-state index is -0.367. The third-order valence-corrected chi connectivity index (χ3v) is 3.96. The van der Waals surface area contributed by atoms with Crippen LogP contribution in [0, 0.1) is 10.1 Å². The molecule has 1 atom stereocenters. The summed E-state index contributed by atoms with van der Waals surface area (Å²) in [7, 11) is 2.09. The van der Waals surface area contributed by atoms with Gasteiger partial charge in [-0.2, -0.15) is 0 Å². The minimum Gasteiger partial charge on any atom is -0.379 e. The zero-order valence-electron chi connectivity index (χ0n) is 12.7. The fourth-order valence-electron chi connectivity index (χ4n) is 2.46. The first-order valence-electron chi connectivity index (χ1n) is 7.30. The monoisotopic (exact) mass is 293 g/mol. The first-order chi connectivity index (χ1) is 10.1. The second kappa shape index (κ2) is 7.49. The minimum absolute atomic E-state index is 0.141. The molecule has 1 heterocycles. The van der Waals surface area contributed by atoms with Gasteiger partial charge in [-0.15, -0.1) is 0 Å². The molecule has 6 heteroatoms. The second-order valence-corrected chi connectivity index (χ2v) is 5.60. The van der Waals surface area contributed by atoms with Gasteiger partial charge in [-0.25, -0.2) is 0 Å². The van der Waals surface area contributed by atoms with Gasteiger partial charge in [-0.1, -0.05) is 12.1 Å². The van der Waals surface area contributed by atoms with Crippen molar-refractivity contribution in [1.82, 2.24) is 9.80 Å². The molecule has 0 saturated carbocycles. The molecule has 0 N–H and O–H groups in total. The number of nitro groups is 1. The summed E-state index contributed by atoms with van der Waals surface area (Å²) >= 11 is 0. The number of benzene rings is 1. The maximum Gasteiger partial charge on any atom is 0.269 e. The van der Waals surface area contributed by atoms with Crippen molar-refractivity contribution in [2.45, 2.75) is 19.5 Å². The first-order valence-corrected chi connectivity index (χ1v) is 7.30. The fraction of sp³-hybridized carbons (Fsp3) is 0.600. The van der Waals surface area contributed by atoms with Crippen molar-refractivity contribution >= 4 is 5.69 Å². The lowest BCUT2D eigenvalue weighted by Crippen LogP contribution is -2.44. The molecule has 2 rings (SSSR count). The van der Waals surface area contributed by atoms with Gasteiger partial charge in [0.15, 0.2) is 0 Å². The third kappa shape index (κ3) is 4.77. The normalized spacial score (nSPS) is 17.9. The van der Waals surface area contributed by atoms with Crippen molar-refractivity contribution in [3.8, 4) is 0 Å². The van der Waals surface area contributed by atoms with Crippen LogP contribution >= 0.6 is 0 Å². The van der Waals surface area contributed by atoms with Crippen LogP contribution in [0.25, 0.3) is 0 Å². The van der Waals surface area contributed by atoms with Crippen molar-refractivity contribution in [1.29, 1.82) is 0 Å². The first kappa shape index (κ1) is 15.9. The molecule has 0 radical (unpaired) electrons. The summed E-state index contributed by atoms with van der Waals surface area (Å²) < 4.78 is 5.36. The Bertz CT molecular complexity index is 458. The standard InChI is InChI=1S/C15H23N3O3/c1-13(11-17-7-9-21-10-8-17)16(2)12-14-3-5-15(6-4-14)18(19)20/h3-6,13H,7-12H2,1-2H3. The van der Waals surface area contributed by atoms with E-state index in [2.05, 4.69) is 23.8 Å². The molecule has 1 unspecified atom stereocenters. The molecule has 1 aromatic rings. The molecular formula is C15H23N3O3. The zero-order chi connectivity index (χ0) is 15.2. The number of morpholine rings is 1. The van der Waals surface area contributed by atoms with E-state index in [1.54, 1.807) is 12.1 Å². The molecular weight excluding hydrogens is 270 g/mol. The topological polar surface area (TPSA) is 58.8 Å². The van der Waals surface area contributed by atoms with Crippen molar-refractivity contribution in [3.05, 3.63) is 39.9 Å². The number of rotatable bonds is 6. The second-order valence-electron chi connectivity index (χ2n) is 5.60. The molecule has 1 saturated heterocycles. The van der Waals surface area contributed by atoms with Crippen LogP contribution in [0.5, 0.6) is 0 Å². The molecule has 1 aliphatic heterocycles. The number of hydrogen-bond donors (Lipinski definition) is 0. The number of nitro benzene ring substituents is 1. The number of hydrogen-bond acceptors (Lipinski definition) is 5. The van der Waals surface area contributed by atoms with Crippen molar-refractivity contribution in [2.24, 2.45) is 0 Å². The molecule has 21 heavy (non-hydrogen) atoms. The van der Waals surface area contributed by atoms with E-state index in [0.717, 1.165) is 45.0 Å². The van der Waals surface area contributed by atoms with Crippen LogP contribution < -0.4 is 0 Å². The number of nitrogens with zero attached hydrogens (tertiary/aromatic N) is 3. The van der Waals surface area contributed by atoms with Gasteiger partial charge in [0.25, 0.3) is 5.69 Å². The maximum absolute atomic E-state index is 10.6. The lowest BCUT2D eigenvalue weighted by molar-refractivity contribution is -0.384. The number of non-ortho nitro benzene ring substituents is 1. The summed E-state index contributed by atoms with van der Waals surface area (Å²) in [4.78, 5) is 15.0. The van der Waals surface area contributed by atoms with Gasteiger partial charge < -0.3 is 4.74 Å². The number of likely N-dealkylation sites (N-methyl/N-ethyl adjacent to an activating group) is 1. The van der Waals surface area contributed by atoms with Crippen LogP contribution in [0.1, 0.15) is 12.5 Å². The Morgan fingerprint density at radius 3 is 2.52 bits per heavy atom. The number of ether oxygens (including phenoxy) is 1. The van der Waals surface area contributed by atoms with Crippen LogP contribution in [-0.4, -0.2) is 60.7 Å². The lowest BCUT2D eigenvalue weighted by atomic mass is 10.1. The third-order valence-electron chi connectivity index (χ3n) is 3.96. The predicted molar refractivity (Wildman–Crippen MR) is 81.3 cm³/mol. The van der Waals surface area contributed by atoms with E-state index in [-0.39, 0.29) is 10.6 Å². The van der Waals surface area contributed by atoms with Crippen LogP contribution in [0.4, 0.5) is 5.69 Å². The van der Waals surface area contributed by atoms with Gasteiger partial charge in [0.05, 0.1) is 18.1 Å². The predicted octanol–water partition coefficient (Wildman–Crippen LogP) is 1.75. The van der Waals surface area contributed by atoms with E-state index in [0.29, 0.717) is 6.04 Å². The van der Waals surface area contributed by atoms with Crippen LogP contribution in [0.2, 0.25) is 0 Å². The molecule has 0 aromatic heterocycles. The maximum atomic E-state index is 10.6. The van der Waals surface area contributed by atoms with Gasteiger partial charge in [-0.3, -0.25) is 19.9 Å². The highest BCUT2D eigenvalue weighted by Gasteiger charge is 2.17. The van der Waals surface area contributed by atoms with E-state index in [1.807, 2.05) is 12.1 Å². The van der Waals surface area contributed by atoms with Gasteiger partial charge in [0, 0.05) is 44.4 Å². The molecule has 116 valence electrons. The summed E-state index contributed by atoms with van der Waals surface area (Å²) in [5, 5.41) is 10.6. The summed E-state index contributed by atoms with van der Waals surface area (Å²) in [6.07, 6.45) is 0. The zero-order valence-corrected chi connectivity index (χ0v) is 12.7. The summed E-state index contributed by atoms with van der Waals surface area (Å²) in [5.74, 6) is 0. The molecule has 1 aliphatic rings. The van der Waals surface area contributed by atoms with E-state index >= 15 is 0 Å². The van der Waals surface area contributed by atoms with Crippen LogP contribution in [-0.2, 0) is 11.3 Å². The largest absolute Gasteiger partial charge is 0.379 e. The van der Waals surface area contributed by atoms with E-state index in [1.165, 1.54) is 0 Å².